The highest BCUT2D eigenvalue weighted by molar-refractivity contribution is 5.99. The molecule has 0 aliphatic heterocycles. The average molecular weight is 286 g/mol. The molecule has 1 aliphatic rings. The van der Waals surface area contributed by atoms with Gasteiger partial charge in [-0.2, -0.15) is 13.2 Å². The van der Waals surface area contributed by atoms with Crippen LogP contribution < -0.4 is 5.73 Å². The van der Waals surface area contributed by atoms with E-state index in [2.05, 4.69) is 0 Å². The van der Waals surface area contributed by atoms with E-state index in [4.69, 9.17) is 5.73 Å². The zero-order valence-corrected chi connectivity index (χ0v) is 11.2. The quantitative estimate of drug-likeness (QED) is 0.868. The third kappa shape index (κ3) is 3.05. The molecule has 0 bridgehead atoms. The van der Waals surface area contributed by atoms with Crippen LogP contribution in [0.25, 0.3) is 0 Å². The van der Waals surface area contributed by atoms with Crippen LogP contribution in [0.3, 0.4) is 0 Å². The Hall–Kier alpha value is -1.72. The molecule has 2 N–H and O–H groups in total. The first-order valence-electron chi connectivity index (χ1n) is 6.51. The lowest BCUT2D eigenvalue weighted by Crippen LogP contribution is -2.34. The smallest absolute Gasteiger partial charge is 0.398 e. The summed E-state index contributed by atoms with van der Waals surface area (Å²) < 4.78 is 38.0. The van der Waals surface area contributed by atoms with Crippen molar-refractivity contribution in [3.8, 4) is 0 Å². The molecule has 1 aliphatic carbocycles. The van der Waals surface area contributed by atoms with Crippen LogP contribution in [0.15, 0.2) is 18.2 Å². The van der Waals surface area contributed by atoms with Crippen LogP contribution in [-0.2, 0) is 6.18 Å². The fourth-order valence-electron chi connectivity index (χ4n) is 2.27. The van der Waals surface area contributed by atoms with Crippen LogP contribution >= 0.6 is 0 Å². The van der Waals surface area contributed by atoms with E-state index >= 15 is 0 Å². The summed E-state index contributed by atoms with van der Waals surface area (Å²) in [6.45, 7) is 0.564. The Bertz CT molecular complexity index is 510. The SMILES string of the molecule is CN(CC1CCC1)C(=O)c1cc(C(F)(F)F)ccc1N. The zero-order valence-electron chi connectivity index (χ0n) is 11.2. The number of hydrogen-bond acceptors (Lipinski definition) is 2. The molecule has 1 aromatic rings. The molecule has 0 spiro atoms. The molecule has 6 heteroatoms. The Labute approximate surface area is 115 Å². The first kappa shape index (κ1) is 14.7. The third-order valence-electron chi connectivity index (χ3n) is 3.71. The lowest BCUT2D eigenvalue weighted by molar-refractivity contribution is -0.137. The summed E-state index contributed by atoms with van der Waals surface area (Å²) in [5.41, 5.74) is 4.77. The maximum Gasteiger partial charge on any atom is 0.416 e. The molecule has 3 nitrogen and oxygen atoms in total. The number of alkyl halides is 3. The molecule has 0 unspecified atom stereocenters. The number of anilines is 1. The molecule has 110 valence electrons. The van der Waals surface area contributed by atoms with Crippen molar-refractivity contribution in [2.75, 3.05) is 19.3 Å². The molecule has 20 heavy (non-hydrogen) atoms. The number of rotatable bonds is 3. The van der Waals surface area contributed by atoms with Gasteiger partial charge in [-0.05, 0) is 37.0 Å². The van der Waals surface area contributed by atoms with E-state index < -0.39 is 17.6 Å². The van der Waals surface area contributed by atoms with E-state index in [-0.39, 0.29) is 11.3 Å². The maximum absolute atomic E-state index is 12.7. The fourth-order valence-corrected chi connectivity index (χ4v) is 2.27. The highest BCUT2D eigenvalue weighted by Gasteiger charge is 2.32. The van der Waals surface area contributed by atoms with Gasteiger partial charge in [-0.15, -0.1) is 0 Å². The second kappa shape index (κ2) is 5.34. The lowest BCUT2D eigenvalue weighted by Gasteiger charge is -2.30. The van der Waals surface area contributed by atoms with Crippen molar-refractivity contribution in [2.45, 2.75) is 25.4 Å². The second-order valence-electron chi connectivity index (χ2n) is 5.28. The van der Waals surface area contributed by atoms with E-state index in [1.807, 2.05) is 0 Å². The van der Waals surface area contributed by atoms with E-state index in [9.17, 15) is 18.0 Å². The van der Waals surface area contributed by atoms with Crippen molar-refractivity contribution in [3.05, 3.63) is 29.3 Å². The summed E-state index contributed by atoms with van der Waals surface area (Å²) in [5, 5.41) is 0. The van der Waals surface area contributed by atoms with Gasteiger partial charge in [-0.25, -0.2) is 0 Å². The number of hydrogen-bond donors (Lipinski definition) is 1. The van der Waals surface area contributed by atoms with Gasteiger partial charge in [0.15, 0.2) is 0 Å². The summed E-state index contributed by atoms with van der Waals surface area (Å²) in [6.07, 6.45) is -1.20. The highest BCUT2D eigenvalue weighted by Crippen LogP contribution is 2.32. The first-order valence-corrected chi connectivity index (χ1v) is 6.51. The monoisotopic (exact) mass is 286 g/mol. The molecule has 0 saturated heterocycles. The van der Waals surface area contributed by atoms with Crippen LogP contribution in [0, 0.1) is 5.92 Å². The van der Waals surface area contributed by atoms with Gasteiger partial charge in [-0.1, -0.05) is 6.42 Å². The van der Waals surface area contributed by atoms with Crippen molar-refractivity contribution >= 4 is 11.6 Å². The van der Waals surface area contributed by atoms with Gasteiger partial charge in [0.25, 0.3) is 5.91 Å². The predicted molar refractivity (Wildman–Crippen MR) is 70.2 cm³/mol. The number of carbonyl (C=O) groups excluding carboxylic acids is 1. The van der Waals surface area contributed by atoms with Crippen LogP contribution in [0.1, 0.15) is 35.2 Å². The number of nitrogen functional groups attached to an aromatic ring is 1. The van der Waals surface area contributed by atoms with Crippen LogP contribution in [0.4, 0.5) is 18.9 Å². The minimum atomic E-state index is -4.48. The minimum absolute atomic E-state index is 0.0726. The van der Waals surface area contributed by atoms with Gasteiger partial charge in [-0.3, -0.25) is 4.79 Å². The molecular weight excluding hydrogens is 269 g/mol. The van der Waals surface area contributed by atoms with E-state index in [1.165, 1.54) is 4.90 Å². The van der Waals surface area contributed by atoms with E-state index in [1.54, 1.807) is 7.05 Å². The number of carbonyl (C=O) groups is 1. The zero-order chi connectivity index (χ0) is 14.9. The number of nitrogens with zero attached hydrogens (tertiary/aromatic N) is 1. The Morgan fingerprint density at radius 1 is 1.40 bits per heavy atom. The fraction of sp³-hybridized carbons (Fsp3) is 0.500. The van der Waals surface area contributed by atoms with E-state index in [0.29, 0.717) is 12.5 Å². The molecule has 0 radical (unpaired) electrons. The summed E-state index contributed by atoms with van der Waals surface area (Å²) in [6, 6.07) is 2.85. The molecule has 1 saturated carbocycles. The van der Waals surface area contributed by atoms with Crippen molar-refractivity contribution in [2.24, 2.45) is 5.92 Å². The Morgan fingerprint density at radius 3 is 2.55 bits per heavy atom. The van der Waals surface area contributed by atoms with Crippen LogP contribution in [0.2, 0.25) is 0 Å². The average Bonchev–Trinajstić information content (AvgIpc) is 2.31. The highest BCUT2D eigenvalue weighted by atomic mass is 19.4. The summed E-state index contributed by atoms with van der Waals surface area (Å²) in [7, 11) is 1.60. The molecule has 0 heterocycles. The number of halogens is 3. The van der Waals surface area contributed by atoms with Crippen molar-refractivity contribution in [1.82, 2.24) is 4.90 Å². The minimum Gasteiger partial charge on any atom is -0.398 e. The molecule has 1 fully saturated rings. The first-order chi connectivity index (χ1) is 9.29. The maximum atomic E-state index is 12.7. The summed E-state index contributed by atoms with van der Waals surface area (Å²) in [5.74, 6) is -0.00327. The number of nitrogens with two attached hydrogens (primary N) is 1. The number of amides is 1. The van der Waals surface area contributed by atoms with Gasteiger partial charge in [0.1, 0.15) is 0 Å². The topological polar surface area (TPSA) is 46.3 Å². The number of benzene rings is 1. The molecule has 2 rings (SSSR count). The third-order valence-corrected chi connectivity index (χ3v) is 3.71. The van der Waals surface area contributed by atoms with Crippen LogP contribution in [0.5, 0.6) is 0 Å². The molecule has 0 atom stereocenters. The molecular formula is C14H17F3N2O. The van der Waals surface area contributed by atoms with Crippen LogP contribution in [-0.4, -0.2) is 24.4 Å². The summed E-state index contributed by atoms with van der Waals surface area (Å²) in [4.78, 5) is 13.7. The normalized spacial score (nSPS) is 15.8. The molecule has 0 aromatic heterocycles. The standard InChI is InChI=1S/C14H17F3N2O/c1-19(8-9-3-2-4-9)13(20)11-7-10(14(15,16)17)5-6-12(11)18/h5-7,9H,2-4,8,18H2,1H3. The Kier molecular flexibility index (Phi) is 3.92. The molecule has 1 amide bonds. The van der Waals surface area contributed by atoms with Gasteiger partial charge >= 0.3 is 6.18 Å². The van der Waals surface area contributed by atoms with Crippen molar-refractivity contribution in [1.29, 1.82) is 0 Å². The second-order valence-corrected chi connectivity index (χ2v) is 5.28. The van der Waals surface area contributed by atoms with Gasteiger partial charge in [0.2, 0.25) is 0 Å². The van der Waals surface area contributed by atoms with Crippen molar-refractivity contribution in [3.63, 3.8) is 0 Å². The Morgan fingerprint density at radius 2 is 2.05 bits per heavy atom. The van der Waals surface area contributed by atoms with Gasteiger partial charge in [0.05, 0.1) is 11.1 Å². The van der Waals surface area contributed by atoms with Crippen molar-refractivity contribution < 1.29 is 18.0 Å². The largest absolute Gasteiger partial charge is 0.416 e. The predicted octanol–water partition coefficient (Wildman–Crippen LogP) is 3.16. The summed E-state index contributed by atoms with van der Waals surface area (Å²) >= 11 is 0. The van der Waals surface area contributed by atoms with E-state index in [0.717, 1.165) is 37.5 Å². The lowest BCUT2D eigenvalue weighted by atomic mass is 9.85. The Balaban J connectivity index is 2.19. The molecule has 1 aromatic carbocycles. The van der Waals surface area contributed by atoms with Gasteiger partial charge in [0, 0.05) is 19.3 Å². The van der Waals surface area contributed by atoms with Gasteiger partial charge < -0.3 is 10.6 Å².